The Hall–Kier alpha value is -0.916. The summed E-state index contributed by atoms with van der Waals surface area (Å²) in [4.78, 5) is 26.7. The largest absolute Gasteiger partial charge is 3.00 e. The van der Waals surface area contributed by atoms with Crippen molar-refractivity contribution in [2.75, 3.05) is 7.11 Å². The number of aliphatic hydroxyl groups excluding tert-OH is 1. The van der Waals surface area contributed by atoms with Crippen molar-refractivity contribution in [2.45, 2.75) is 20.8 Å². The van der Waals surface area contributed by atoms with Crippen LogP contribution in [0.5, 0.6) is 0 Å². The summed E-state index contributed by atoms with van der Waals surface area (Å²) in [6, 6.07) is 0. The van der Waals surface area contributed by atoms with Crippen LogP contribution in [0.1, 0.15) is 20.8 Å². The van der Waals surface area contributed by atoms with Crippen molar-refractivity contribution in [3.05, 3.63) is 0 Å². The molecule has 0 aromatic carbocycles. The van der Waals surface area contributed by atoms with Crippen LogP contribution in [0.4, 0.5) is 0 Å². The van der Waals surface area contributed by atoms with Gasteiger partial charge in [-0.05, 0) is 20.8 Å². The summed E-state index contributed by atoms with van der Waals surface area (Å²) >= 11 is 0. The Balaban J connectivity index is -0.0000000298. The number of hydrogen-bond acceptors (Lipinski definition) is 7. The van der Waals surface area contributed by atoms with E-state index in [-0.39, 0.29) is 21.7 Å². The molecule has 7 nitrogen and oxygen atoms in total. The first kappa shape index (κ1) is 29.2. The Morgan fingerprint density at radius 1 is 0.733 bits per heavy atom. The zero-order valence-corrected chi connectivity index (χ0v) is 10.5. The SMILES string of the molecule is CC(=O)[O-].CC(=O)[O-].CC(=O)[O-].CO.[Ti+3]. The summed E-state index contributed by atoms with van der Waals surface area (Å²) in [5, 5.41) is 33.7. The molecule has 0 atom stereocenters. The van der Waals surface area contributed by atoms with Gasteiger partial charge in [0.1, 0.15) is 0 Å². The van der Waals surface area contributed by atoms with Gasteiger partial charge in [0.15, 0.2) is 0 Å². The van der Waals surface area contributed by atoms with Crippen molar-refractivity contribution in [1.29, 1.82) is 0 Å². The number of aliphatic hydroxyl groups is 1. The third-order valence-corrected chi connectivity index (χ3v) is 0. The van der Waals surface area contributed by atoms with Crippen molar-refractivity contribution in [3.63, 3.8) is 0 Å². The zero-order valence-electron chi connectivity index (χ0n) is 8.90. The van der Waals surface area contributed by atoms with E-state index in [0.717, 1.165) is 27.9 Å². The molecule has 8 heteroatoms. The molecule has 0 aromatic heterocycles. The Morgan fingerprint density at radius 3 is 0.733 bits per heavy atom. The van der Waals surface area contributed by atoms with Crippen LogP contribution in [0.3, 0.4) is 0 Å². The molecule has 0 aliphatic rings. The Kier molecular flexibility index (Phi) is 56.9. The van der Waals surface area contributed by atoms with Crippen LogP contribution in [-0.2, 0) is 36.1 Å². The molecular formula is C7H13O7Ti. The topological polar surface area (TPSA) is 141 Å². The predicted molar refractivity (Wildman–Crippen MR) is 40.2 cm³/mol. The normalized spacial score (nSPS) is 5.40. The minimum Gasteiger partial charge on any atom is -0.550 e. The van der Waals surface area contributed by atoms with E-state index in [0.29, 0.717) is 0 Å². The molecule has 0 spiro atoms. The molecule has 0 aliphatic carbocycles. The fourth-order valence-electron chi connectivity index (χ4n) is 0. The quantitative estimate of drug-likeness (QED) is 0.434. The Labute approximate surface area is 103 Å². The molecule has 15 heavy (non-hydrogen) atoms. The first-order chi connectivity index (χ1) is 6.20. The van der Waals surface area contributed by atoms with Crippen LogP contribution in [0.25, 0.3) is 0 Å². The van der Waals surface area contributed by atoms with Gasteiger partial charge in [-0.3, -0.25) is 0 Å². The molecule has 0 heterocycles. The molecule has 1 N–H and O–H groups in total. The molecular weight excluding hydrogens is 244 g/mol. The molecule has 0 bridgehead atoms. The second-order valence-corrected chi connectivity index (χ2v) is 1.47. The van der Waals surface area contributed by atoms with Crippen molar-refractivity contribution in [1.82, 2.24) is 0 Å². The van der Waals surface area contributed by atoms with E-state index in [4.69, 9.17) is 34.8 Å². The third-order valence-electron chi connectivity index (χ3n) is 0. The van der Waals surface area contributed by atoms with Gasteiger partial charge in [-0.25, -0.2) is 0 Å². The summed E-state index contributed by atoms with van der Waals surface area (Å²) in [5.41, 5.74) is 0. The van der Waals surface area contributed by atoms with Crippen LogP contribution >= 0.6 is 0 Å². The molecule has 0 aliphatic heterocycles. The first-order valence-corrected chi connectivity index (χ1v) is 3.17. The van der Waals surface area contributed by atoms with Gasteiger partial charge < -0.3 is 34.8 Å². The fraction of sp³-hybridized carbons (Fsp3) is 0.571. The molecule has 0 rings (SSSR count). The van der Waals surface area contributed by atoms with Crippen LogP contribution in [0, 0.1) is 0 Å². The zero-order chi connectivity index (χ0) is 12.7. The minimum absolute atomic E-state index is 0. The van der Waals surface area contributed by atoms with Crippen molar-refractivity contribution in [2.24, 2.45) is 0 Å². The molecule has 0 saturated carbocycles. The number of aliphatic carboxylic acids is 3. The van der Waals surface area contributed by atoms with Gasteiger partial charge >= 0.3 is 21.7 Å². The first-order valence-electron chi connectivity index (χ1n) is 3.17. The van der Waals surface area contributed by atoms with E-state index in [1.54, 1.807) is 0 Å². The van der Waals surface area contributed by atoms with E-state index in [1.165, 1.54) is 0 Å². The molecule has 1 radical (unpaired) electrons. The number of rotatable bonds is 0. The van der Waals surface area contributed by atoms with E-state index in [9.17, 15) is 0 Å². The minimum atomic E-state index is -1.08. The van der Waals surface area contributed by atoms with Gasteiger partial charge in [0.25, 0.3) is 0 Å². The van der Waals surface area contributed by atoms with Gasteiger partial charge in [-0.1, -0.05) is 0 Å². The van der Waals surface area contributed by atoms with E-state index < -0.39 is 17.9 Å². The number of carboxylic acid groups (broad SMARTS) is 3. The fourth-order valence-corrected chi connectivity index (χ4v) is 0. The smallest absolute Gasteiger partial charge is 0.550 e. The van der Waals surface area contributed by atoms with Gasteiger partial charge in [0.05, 0.1) is 0 Å². The van der Waals surface area contributed by atoms with Crippen molar-refractivity contribution >= 4 is 17.9 Å². The summed E-state index contributed by atoms with van der Waals surface area (Å²) in [6.45, 7) is 2.92. The average Bonchev–Trinajstić information content (AvgIpc) is 1.86. The van der Waals surface area contributed by atoms with Crippen LogP contribution < -0.4 is 15.3 Å². The van der Waals surface area contributed by atoms with Gasteiger partial charge in [0, 0.05) is 25.0 Å². The van der Waals surface area contributed by atoms with Crippen LogP contribution in [-0.4, -0.2) is 30.1 Å². The molecule has 0 saturated heterocycles. The Bertz CT molecular complexity index is 117. The average molecular weight is 257 g/mol. The van der Waals surface area contributed by atoms with Gasteiger partial charge in [0.2, 0.25) is 0 Å². The molecule has 0 aromatic rings. The number of carbonyl (C=O) groups is 3. The van der Waals surface area contributed by atoms with Gasteiger partial charge in [-0.15, -0.1) is 0 Å². The predicted octanol–water partition coefficient (Wildman–Crippen LogP) is -4.13. The molecule has 0 amide bonds. The van der Waals surface area contributed by atoms with E-state index in [1.807, 2.05) is 0 Å². The number of carboxylic acids is 3. The second kappa shape index (κ2) is 29.2. The maximum atomic E-state index is 8.89. The summed E-state index contributed by atoms with van der Waals surface area (Å²) in [6.07, 6.45) is 0. The maximum Gasteiger partial charge on any atom is 3.00 e. The van der Waals surface area contributed by atoms with E-state index in [2.05, 4.69) is 0 Å². The number of hydrogen-bond donors (Lipinski definition) is 1. The Morgan fingerprint density at radius 2 is 0.733 bits per heavy atom. The summed E-state index contributed by atoms with van der Waals surface area (Å²) in [5.74, 6) is -3.25. The monoisotopic (exact) mass is 257 g/mol. The summed E-state index contributed by atoms with van der Waals surface area (Å²) < 4.78 is 0. The molecule has 0 fully saturated rings. The number of carbonyl (C=O) groups excluding carboxylic acids is 3. The van der Waals surface area contributed by atoms with Gasteiger partial charge in [-0.2, -0.15) is 0 Å². The third kappa shape index (κ3) is 1920. The second-order valence-electron chi connectivity index (χ2n) is 1.47. The van der Waals surface area contributed by atoms with Crippen molar-refractivity contribution < 1.29 is 56.5 Å². The summed E-state index contributed by atoms with van der Waals surface area (Å²) in [7, 11) is 1.00. The molecule has 0 unspecified atom stereocenters. The molecule has 87 valence electrons. The van der Waals surface area contributed by atoms with Crippen molar-refractivity contribution in [3.8, 4) is 0 Å². The van der Waals surface area contributed by atoms with Crippen LogP contribution in [0.2, 0.25) is 0 Å². The standard InChI is InChI=1S/3C2H4O2.CH4O.Ti/c3*1-2(3)4;1-2;/h3*1H3,(H,3,4);2H,1H3;/q;;;;+3/p-3. The van der Waals surface area contributed by atoms with Crippen LogP contribution in [0.15, 0.2) is 0 Å². The van der Waals surface area contributed by atoms with E-state index >= 15 is 0 Å². The maximum absolute atomic E-state index is 8.89.